The number of nitrogens with two attached hydrogens (primary N) is 1. The van der Waals surface area contributed by atoms with Crippen LogP contribution < -0.4 is 10.5 Å². The Labute approximate surface area is 82.3 Å². The Morgan fingerprint density at radius 2 is 2.14 bits per heavy atom. The quantitative estimate of drug-likeness (QED) is 0.775. The second-order valence-electron chi connectivity index (χ2n) is 2.80. The summed E-state index contributed by atoms with van der Waals surface area (Å²) in [5.41, 5.74) is 5.74. The summed E-state index contributed by atoms with van der Waals surface area (Å²) in [6.07, 6.45) is 1.05. The van der Waals surface area contributed by atoms with Gasteiger partial charge in [0.15, 0.2) is 0 Å². The molecule has 0 atom stereocenters. The molecule has 2 N–H and O–H groups in total. The molecular weight excluding hydrogens is 185 g/mol. The van der Waals surface area contributed by atoms with E-state index in [9.17, 15) is 4.39 Å². The van der Waals surface area contributed by atoms with E-state index in [-0.39, 0.29) is 5.88 Å². The molecule has 4 nitrogen and oxygen atoms in total. The normalized spacial score (nSPS) is 10.3. The van der Waals surface area contributed by atoms with Gasteiger partial charge in [-0.15, -0.1) is 0 Å². The van der Waals surface area contributed by atoms with Crippen molar-refractivity contribution in [3.8, 4) is 5.88 Å². The first-order chi connectivity index (χ1) is 6.72. The highest BCUT2D eigenvalue weighted by molar-refractivity contribution is 5.19. The number of nitrogens with zero attached hydrogens (tertiary/aromatic N) is 2. The van der Waals surface area contributed by atoms with Gasteiger partial charge in [0.1, 0.15) is 5.82 Å². The predicted octanol–water partition coefficient (Wildman–Crippen LogP) is 0.688. The smallest absolute Gasteiger partial charge is 0.253 e. The maximum Gasteiger partial charge on any atom is 0.253 e. The van der Waals surface area contributed by atoms with Gasteiger partial charge in [-0.3, -0.25) is 0 Å². The molecule has 0 radical (unpaired) electrons. The Morgan fingerprint density at radius 1 is 1.43 bits per heavy atom. The summed E-state index contributed by atoms with van der Waals surface area (Å²) in [5.74, 6) is 0.0543. The third kappa shape index (κ3) is 2.17. The lowest BCUT2D eigenvalue weighted by atomic mass is 10.3. The van der Waals surface area contributed by atoms with Gasteiger partial charge in [-0.25, -0.2) is 4.98 Å². The zero-order valence-electron chi connectivity index (χ0n) is 8.38. The van der Waals surface area contributed by atoms with E-state index in [0.29, 0.717) is 30.9 Å². The molecule has 1 rings (SSSR count). The molecule has 0 aliphatic carbocycles. The van der Waals surface area contributed by atoms with Crippen LogP contribution in [0.4, 0.5) is 4.39 Å². The third-order valence-corrected chi connectivity index (χ3v) is 1.83. The van der Waals surface area contributed by atoms with E-state index in [0.717, 1.165) is 0 Å². The van der Waals surface area contributed by atoms with Crippen molar-refractivity contribution in [2.45, 2.75) is 19.8 Å². The number of hydrogen-bond acceptors (Lipinski definition) is 4. The van der Waals surface area contributed by atoms with Gasteiger partial charge in [0.05, 0.1) is 12.8 Å². The fourth-order valence-corrected chi connectivity index (χ4v) is 1.13. The van der Waals surface area contributed by atoms with Crippen molar-refractivity contribution in [3.05, 3.63) is 17.3 Å². The molecule has 1 heterocycles. The molecular formula is C9H14FN3O. The van der Waals surface area contributed by atoms with Crippen LogP contribution >= 0.6 is 0 Å². The second kappa shape index (κ2) is 4.85. The molecule has 0 aliphatic rings. The molecule has 1 aromatic heterocycles. The van der Waals surface area contributed by atoms with Crippen molar-refractivity contribution in [2.24, 2.45) is 5.73 Å². The zero-order valence-corrected chi connectivity index (χ0v) is 8.38. The number of ether oxygens (including phenoxy) is 1. The third-order valence-electron chi connectivity index (χ3n) is 1.83. The molecule has 0 aliphatic heterocycles. The monoisotopic (exact) mass is 199 g/mol. The van der Waals surface area contributed by atoms with Crippen molar-refractivity contribution in [2.75, 3.05) is 13.7 Å². The Bertz CT molecular complexity index is 292. The fraction of sp³-hybridized carbons (Fsp3) is 0.556. The summed E-state index contributed by atoms with van der Waals surface area (Å²) in [4.78, 5) is 7.94. The van der Waals surface area contributed by atoms with Gasteiger partial charge in [0.25, 0.3) is 5.88 Å². The Morgan fingerprint density at radius 3 is 2.64 bits per heavy atom. The predicted molar refractivity (Wildman–Crippen MR) is 50.7 cm³/mol. The molecule has 14 heavy (non-hydrogen) atoms. The van der Waals surface area contributed by atoms with E-state index in [1.807, 2.05) is 6.92 Å². The maximum atomic E-state index is 13.4. The van der Waals surface area contributed by atoms with Crippen LogP contribution in [0.2, 0.25) is 0 Å². The highest BCUT2D eigenvalue weighted by atomic mass is 19.1. The van der Waals surface area contributed by atoms with Crippen LogP contribution in [0.1, 0.15) is 18.4 Å². The van der Waals surface area contributed by atoms with Crippen LogP contribution in [-0.2, 0) is 12.8 Å². The largest absolute Gasteiger partial charge is 0.479 e. The standard InChI is InChI=1S/C9H14FN3O/c1-3-6-8(10)9(14-2)13-7(12-6)4-5-11/h3-5,11H2,1-2H3. The number of aryl methyl sites for hydroxylation is 1. The number of rotatable bonds is 4. The van der Waals surface area contributed by atoms with Crippen LogP contribution in [0.5, 0.6) is 5.88 Å². The highest BCUT2D eigenvalue weighted by Crippen LogP contribution is 2.16. The average molecular weight is 199 g/mol. The summed E-state index contributed by atoms with van der Waals surface area (Å²) in [5, 5.41) is 0. The van der Waals surface area contributed by atoms with E-state index >= 15 is 0 Å². The minimum absolute atomic E-state index is 0.000278. The summed E-state index contributed by atoms with van der Waals surface area (Å²) in [6.45, 7) is 2.27. The van der Waals surface area contributed by atoms with E-state index < -0.39 is 5.82 Å². The molecule has 5 heteroatoms. The van der Waals surface area contributed by atoms with Crippen LogP contribution in [0.3, 0.4) is 0 Å². The van der Waals surface area contributed by atoms with Gasteiger partial charge >= 0.3 is 0 Å². The zero-order chi connectivity index (χ0) is 10.6. The lowest BCUT2D eigenvalue weighted by Crippen LogP contribution is -2.10. The SMILES string of the molecule is CCc1nc(CCN)nc(OC)c1F. The topological polar surface area (TPSA) is 61.0 Å². The highest BCUT2D eigenvalue weighted by Gasteiger charge is 2.12. The van der Waals surface area contributed by atoms with Crippen molar-refractivity contribution in [1.82, 2.24) is 9.97 Å². The van der Waals surface area contributed by atoms with E-state index in [4.69, 9.17) is 10.5 Å². The lowest BCUT2D eigenvalue weighted by molar-refractivity contribution is 0.361. The Hall–Kier alpha value is -1.23. The molecule has 0 spiro atoms. The Kier molecular flexibility index (Phi) is 3.76. The lowest BCUT2D eigenvalue weighted by Gasteiger charge is -2.06. The van der Waals surface area contributed by atoms with Crippen LogP contribution in [0.15, 0.2) is 0 Å². The summed E-state index contributed by atoms with van der Waals surface area (Å²) >= 11 is 0. The van der Waals surface area contributed by atoms with Crippen molar-refractivity contribution >= 4 is 0 Å². The summed E-state index contributed by atoms with van der Waals surface area (Å²) in [6, 6.07) is 0. The molecule has 0 saturated carbocycles. The number of halogens is 1. The molecule has 0 amide bonds. The molecule has 0 bridgehead atoms. The van der Waals surface area contributed by atoms with Crippen molar-refractivity contribution in [3.63, 3.8) is 0 Å². The fourth-order valence-electron chi connectivity index (χ4n) is 1.13. The number of aromatic nitrogens is 2. The van der Waals surface area contributed by atoms with E-state index in [2.05, 4.69) is 9.97 Å². The van der Waals surface area contributed by atoms with Gasteiger partial charge in [-0.05, 0) is 13.0 Å². The molecule has 0 unspecified atom stereocenters. The minimum atomic E-state index is -0.476. The molecule has 0 fully saturated rings. The first kappa shape index (κ1) is 10.8. The van der Waals surface area contributed by atoms with Crippen LogP contribution in [0, 0.1) is 5.82 Å². The molecule has 0 saturated heterocycles. The second-order valence-corrected chi connectivity index (χ2v) is 2.80. The summed E-state index contributed by atoms with van der Waals surface area (Å²) in [7, 11) is 1.39. The van der Waals surface area contributed by atoms with Gasteiger partial charge in [0.2, 0.25) is 5.82 Å². The molecule has 0 aromatic carbocycles. The minimum Gasteiger partial charge on any atom is -0.479 e. The van der Waals surface area contributed by atoms with Gasteiger partial charge < -0.3 is 10.5 Å². The van der Waals surface area contributed by atoms with Gasteiger partial charge in [0, 0.05) is 6.42 Å². The van der Waals surface area contributed by atoms with Gasteiger partial charge in [-0.1, -0.05) is 6.92 Å². The average Bonchev–Trinajstić information content (AvgIpc) is 2.20. The first-order valence-corrected chi connectivity index (χ1v) is 4.52. The number of hydrogen-bond donors (Lipinski definition) is 1. The first-order valence-electron chi connectivity index (χ1n) is 4.52. The molecule has 78 valence electrons. The number of methoxy groups -OCH3 is 1. The van der Waals surface area contributed by atoms with Gasteiger partial charge in [-0.2, -0.15) is 9.37 Å². The van der Waals surface area contributed by atoms with Crippen molar-refractivity contribution < 1.29 is 9.13 Å². The van der Waals surface area contributed by atoms with Crippen molar-refractivity contribution in [1.29, 1.82) is 0 Å². The Balaban J connectivity index is 3.11. The maximum absolute atomic E-state index is 13.4. The molecule has 1 aromatic rings. The van der Waals surface area contributed by atoms with Crippen LogP contribution in [0.25, 0.3) is 0 Å². The van der Waals surface area contributed by atoms with Crippen LogP contribution in [-0.4, -0.2) is 23.6 Å². The summed E-state index contributed by atoms with van der Waals surface area (Å²) < 4.78 is 18.2. The van der Waals surface area contributed by atoms with E-state index in [1.165, 1.54) is 7.11 Å². The van der Waals surface area contributed by atoms with E-state index in [1.54, 1.807) is 0 Å².